The summed E-state index contributed by atoms with van der Waals surface area (Å²) in [6.07, 6.45) is 6.79. The number of aromatic nitrogens is 4. The van der Waals surface area contributed by atoms with Crippen LogP contribution in [0.2, 0.25) is 0 Å². The van der Waals surface area contributed by atoms with E-state index < -0.39 is 0 Å². The number of likely N-dealkylation sites (N-methyl/N-ethyl adjacent to an activating group) is 1. The van der Waals surface area contributed by atoms with Gasteiger partial charge in [0.05, 0.1) is 11.4 Å². The van der Waals surface area contributed by atoms with E-state index in [9.17, 15) is 4.79 Å². The Balaban J connectivity index is 1.16. The summed E-state index contributed by atoms with van der Waals surface area (Å²) in [5.41, 5.74) is 10.6. The predicted octanol–water partition coefficient (Wildman–Crippen LogP) is 3.78. The molecule has 0 radical (unpaired) electrons. The average Bonchev–Trinajstić information content (AvgIpc) is 3.39. The summed E-state index contributed by atoms with van der Waals surface area (Å²) >= 11 is 0. The van der Waals surface area contributed by atoms with Crippen LogP contribution in [-0.2, 0) is 6.42 Å². The van der Waals surface area contributed by atoms with Crippen molar-refractivity contribution in [1.29, 1.82) is 0 Å². The molecule has 0 spiro atoms. The molecule has 9 heteroatoms. The first-order valence-electron chi connectivity index (χ1n) is 14.4. The minimum Gasteiger partial charge on any atom is -0.383 e. The molecule has 2 aromatic carbocycles. The molecular formula is C31H38N8O. The highest BCUT2D eigenvalue weighted by Gasteiger charge is 2.30. The van der Waals surface area contributed by atoms with E-state index in [2.05, 4.69) is 48.9 Å². The molecule has 40 heavy (non-hydrogen) atoms. The molecule has 3 heterocycles. The zero-order chi connectivity index (χ0) is 27.5. The molecule has 9 nitrogen and oxygen atoms in total. The van der Waals surface area contributed by atoms with Crippen LogP contribution in [0.4, 0.5) is 5.82 Å². The Kier molecular flexibility index (Phi) is 7.75. The molecule has 208 valence electrons. The van der Waals surface area contributed by atoms with Crippen molar-refractivity contribution < 1.29 is 4.79 Å². The molecule has 1 aliphatic carbocycles. The molecule has 2 aromatic heterocycles. The third-order valence-electron chi connectivity index (χ3n) is 8.55. The molecule has 0 unspecified atom stereocenters. The number of amides is 1. The van der Waals surface area contributed by atoms with Gasteiger partial charge in [-0.1, -0.05) is 42.5 Å². The van der Waals surface area contributed by atoms with E-state index in [0.29, 0.717) is 24.0 Å². The minimum absolute atomic E-state index is 0.0853. The zero-order valence-electron chi connectivity index (χ0n) is 23.2. The number of rotatable bonds is 7. The molecule has 3 N–H and O–H groups in total. The number of carbonyl (C=O) groups is 1. The van der Waals surface area contributed by atoms with Gasteiger partial charge in [0.1, 0.15) is 17.8 Å². The quantitative estimate of drug-likeness (QED) is 0.369. The van der Waals surface area contributed by atoms with Crippen LogP contribution in [0.5, 0.6) is 0 Å². The van der Waals surface area contributed by atoms with Gasteiger partial charge in [-0.15, -0.1) is 0 Å². The number of fused-ring (bicyclic) bond motifs is 1. The van der Waals surface area contributed by atoms with Gasteiger partial charge < -0.3 is 16.0 Å². The van der Waals surface area contributed by atoms with Crippen LogP contribution in [0, 0.1) is 0 Å². The van der Waals surface area contributed by atoms with Gasteiger partial charge in [0.25, 0.3) is 5.91 Å². The van der Waals surface area contributed by atoms with Gasteiger partial charge in [-0.2, -0.15) is 5.10 Å². The fraction of sp³-hybridized carbons (Fsp3) is 0.419. The Morgan fingerprint density at radius 3 is 2.35 bits per heavy atom. The smallest absolute Gasteiger partial charge is 0.251 e. The van der Waals surface area contributed by atoms with Crippen LogP contribution in [0.1, 0.15) is 47.6 Å². The highest BCUT2D eigenvalue weighted by molar-refractivity contribution is 5.99. The van der Waals surface area contributed by atoms with Crippen LogP contribution in [0.3, 0.4) is 0 Å². The number of hydrogen-bond acceptors (Lipinski definition) is 7. The van der Waals surface area contributed by atoms with E-state index in [0.717, 1.165) is 67.7 Å². The van der Waals surface area contributed by atoms with E-state index in [1.807, 2.05) is 42.5 Å². The van der Waals surface area contributed by atoms with Crippen LogP contribution in [0.15, 0.2) is 60.9 Å². The predicted molar refractivity (Wildman–Crippen MR) is 158 cm³/mol. The highest BCUT2D eigenvalue weighted by Crippen LogP contribution is 2.37. The third-order valence-corrected chi connectivity index (χ3v) is 8.55. The molecule has 0 atom stereocenters. The summed E-state index contributed by atoms with van der Waals surface area (Å²) in [6.45, 7) is 5.20. The van der Waals surface area contributed by atoms with Crippen molar-refractivity contribution in [3.05, 3.63) is 72.1 Å². The van der Waals surface area contributed by atoms with Gasteiger partial charge in [0.15, 0.2) is 5.65 Å². The maximum atomic E-state index is 12.7. The summed E-state index contributed by atoms with van der Waals surface area (Å²) < 4.78 is 2.08. The van der Waals surface area contributed by atoms with Crippen LogP contribution >= 0.6 is 0 Å². The van der Waals surface area contributed by atoms with E-state index in [4.69, 9.17) is 10.8 Å². The maximum absolute atomic E-state index is 12.7. The second-order valence-corrected chi connectivity index (χ2v) is 11.1. The van der Waals surface area contributed by atoms with Gasteiger partial charge in [-0.25, -0.2) is 14.6 Å². The molecule has 2 fully saturated rings. The Bertz CT molecular complexity index is 1440. The third kappa shape index (κ3) is 5.57. The van der Waals surface area contributed by atoms with Crippen molar-refractivity contribution in [3.63, 3.8) is 0 Å². The lowest BCUT2D eigenvalue weighted by atomic mass is 9.90. The first-order chi connectivity index (χ1) is 19.6. The Labute approximate surface area is 235 Å². The fourth-order valence-corrected chi connectivity index (χ4v) is 6.15. The number of carbonyl (C=O) groups excluding carboxylic acids is 1. The van der Waals surface area contributed by atoms with Crippen molar-refractivity contribution in [3.8, 4) is 11.3 Å². The summed E-state index contributed by atoms with van der Waals surface area (Å²) in [4.78, 5) is 26.7. The van der Waals surface area contributed by atoms with Crippen LogP contribution < -0.4 is 11.1 Å². The lowest BCUT2D eigenvalue weighted by Gasteiger charge is -2.41. The Morgan fingerprint density at radius 2 is 1.62 bits per heavy atom. The van der Waals surface area contributed by atoms with Crippen LogP contribution in [-0.4, -0.2) is 81.3 Å². The largest absolute Gasteiger partial charge is 0.383 e. The van der Waals surface area contributed by atoms with Gasteiger partial charge in [-0.05, 0) is 56.8 Å². The van der Waals surface area contributed by atoms with E-state index >= 15 is 0 Å². The van der Waals surface area contributed by atoms with Gasteiger partial charge in [0, 0.05) is 49.9 Å². The molecule has 1 aliphatic heterocycles. The Hall–Kier alpha value is -3.82. The topological polar surface area (TPSA) is 105 Å². The van der Waals surface area contributed by atoms with Gasteiger partial charge in [-0.3, -0.25) is 9.69 Å². The summed E-state index contributed by atoms with van der Waals surface area (Å²) in [6, 6.07) is 18.7. The molecule has 6 rings (SSSR count). The fourth-order valence-electron chi connectivity index (χ4n) is 6.15. The molecule has 1 amide bonds. The summed E-state index contributed by atoms with van der Waals surface area (Å²) in [5, 5.41) is 8.86. The molecular weight excluding hydrogens is 500 g/mol. The number of nitrogens with two attached hydrogens (primary N) is 1. The molecule has 1 saturated heterocycles. The van der Waals surface area contributed by atoms with Gasteiger partial charge in [0.2, 0.25) is 0 Å². The van der Waals surface area contributed by atoms with Crippen LogP contribution in [0.25, 0.3) is 22.3 Å². The highest BCUT2D eigenvalue weighted by atomic mass is 16.1. The molecule has 1 saturated carbocycles. The van der Waals surface area contributed by atoms with E-state index in [1.165, 1.54) is 24.7 Å². The monoisotopic (exact) mass is 538 g/mol. The molecule has 2 aliphatic rings. The van der Waals surface area contributed by atoms with E-state index in [-0.39, 0.29) is 11.9 Å². The normalized spacial score (nSPS) is 20.5. The second-order valence-electron chi connectivity index (χ2n) is 11.1. The number of anilines is 1. The Morgan fingerprint density at radius 1 is 0.925 bits per heavy atom. The summed E-state index contributed by atoms with van der Waals surface area (Å²) in [7, 11) is 2.21. The number of nitrogens with one attached hydrogen (secondary N) is 1. The van der Waals surface area contributed by atoms with Crippen molar-refractivity contribution in [1.82, 2.24) is 34.9 Å². The first kappa shape index (κ1) is 26.4. The lowest BCUT2D eigenvalue weighted by molar-refractivity contribution is 0.0815. The van der Waals surface area contributed by atoms with Gasteiger partial charge >= 0.3 is 0 Å². The molecule has 4 aromatic rings. The van der Waals surface area contributed by atoms with Crippen molar-refractivity contribution in [2.24, 2.45) is 0 Å². The SMILES string of the molecule is CN1CCN([C@H]2CC[C@@H](n3nc(-c4ccc(C(=O)NCCc5ccccc5)cc4)c4c(N)ncnc43)CC2)CC1. The number of hydrogen-bond donors (Lipinski definition) is 2. The second kappa shape index (κ2) is 11.7. The van der Waals surface area contributed by atoms with E-state index in [1.54, 1.807) is 0 Å². The van der Waals surface area contributed by atoms with Crippen molar-refractivity contribution in [2.45, 2.75) is 44.2 Å². The average molecular weight is 539 g/mol. The van der Waals surface area contributed by atoms with Crippen molar-refractivity contribution >= 4 is 22.8 Å². The number of piperazine rings is 1. The zero-order valence-corrected chi connectivity index (χ0v) is 23.2. The molecule has 0 bridgehead atoms. The van der Waals surface area contributed by atoms with Crippen molar-refractivity contribution in [2.75, 3.05) is 45.5 Å². The lowest BCUT2D eigenvalue weighted by Crippen LogP contribution is -2.49. The first-order valence-corrected chi connectivity index (χ1v) is 14.4. The summed E-state index contributed by atoms with van der Waals surface area (Å²) in [5.74, 6) is 0.345. The number of benzene rings is 2. The minimum atomic E-state index is -0.0853. The maximum Gasteiger partial charge on any atom is 0.251 e. The number of nitrogens with zero attached hydrogens (tertiary/aromatic N) is 6. The standard InChI is InChI=1S/C31H38N8O/c1-37-17-19-38(20-18-37)25-11-13-26(14-12-25)39-30-27(29(32)34-21-35-30)28(36-39)23-7-9-24(10-8-23)31(40)33-16-15-22-5-3-2-4-6-22/h2-10,21,25-26H,11-20H2,1H3,(H,33,40)(H2,32,34,35)/t25-,26+. The number of nitrogen functional groups attached to an aromatic ring is 1.